The smallest absolute Gasteiger partial charge is 0.322 e. The Hall–Kier alpha value is -3.96. The minimum Gasteiger partial charge on any atom is -0.322 e. The molecule has 0 atom stereocenters. The van der Waals surface area contributed by atoms with Gasteiger partial charge in [-0.1, -0.05) is 36.4 Å². The number of rotatable bonds is 5. The SMILES string of the molecule is Cc1cc(C(F)(C(F)(F)F)C(F)(F)F)ccc1NC(=O)c1cccc(N(C)C(=O)c2ccccc2)c1F. The topological polar surface area (TPSA) is 49.4 Å². The van der Waals surface area contributed by atoms with Crippen LogP contribution in [0.2, 0.25) is 0 Å². The molecule has 37 heavy (non-hydrogen) atoms. The predicted octanol–water partition coefficient (Wildman–Crippen LogP) is 6.95. The monoisotopic (exact) mass is 530 g/mol. The highest BCUT2D eigenvalue weighted by Gasteiger charge is 2.73. The molecular formula is C25H18F8N2O2. The molecule has 0 saturated heterocycles. The van der Waals surface area contributed by atoms with Crippen molar-refractivity contribution in [3.63, 3.8) is 0 Å². The van der Waals surface area contributed by atoms with Gasteiger partial charge in [-0.15, -0.1) is 0 Å². The highest BCUT2D eigenvalue weighted by atomic mass is 19.4. The van der Waals surface area contributed by atoms with Gasteiger partial charge in [-0.25, -0.2) is 8.78 Å². The van der Waals surface area contributed by atoms with Crippen LogP contribution in [0.3, 0.4) is 0 Å². The molecule has 196 valence electrons. The largest absolute Gasteiger partial charge is 0.435 e. The van der Waals surface area contributed by atoms with E-state index in [0.29, 0.717) is 12.1 Å². The van der Waals surface area contributed by atoms with Crippen molar-refractivity contribution in [2.45, 2.75) is 24.9 Å². The number of anilines is 2. The van der Waals surface area contributed by atoms with Crippen LogP contribution in [-0.2, 0) is 5.67 Å². The van der Waals surface area contributed by atoms with Crippen LogP contribution in [0.25, 0.3) is 0 Å². The van der Waals surface area contributed by atoms with Gasteiger partial charge in [0.2, 0.25) is 0 Å². The number of carbonyl (C=O) groups excluding carboxylic acids is 2. The van der Waals surface area contributed by atoms with Crippen molar-refractivity contribution in [2.24, 2.45) is 0 Å². The first-order valence-corrected chi connectivity index (χ1v) is 10.5. The van der Waals surface area contributed by atoms with Gasteiger partial charge in [0, 0.05) is 23.9 Å². The first kappa shape index (κ1) is 27.6. The summed E-state index contributed by atoms with van der Waals surface area (Å²) in [6, 6.07) is 12.7. The molecule has 2 amide bonds. The zero-order valence-electron chi connectivity index (χ0n) is 19.1. The van der Waals surface area contributed by atoms with Gasteiger partial charge in [0.05, 0.1) is 11.3 Å². The molecule has 0 fully saturated rings. The van der Waals surface area contributed by atoms with E-state index in [9.17, 15) is 40.3 Å². The summed E-state index contributed by atoms with van der Waals surface area (Å²) in [5, 5.41) is 2.18. The van der Waals surface area contributed by atoms with Gasteiger partial charge in [-0.05, 0) is 42.8 Å². The van der Waals surface area contributed by atoms with Gasteiger partial charge in [-0.3, -0.25) is 9.59 Å². The molecule has 0 aliphatic rings. The summed E-state index contributed by atoms with van der Waals surface area (Å²) in [7, 11) is 1.28. The van der Waals surface area contributed by atoms with Gasteiger partial charge in [0.1, 0.15) is 0 Å². The Kier molecular flexibility index (Phi) is 7.34. The Labute approximate surface area is 205 Å². The lowest BCUT2D eigenvalue weighted by molar-refractivity contribution is -0.348. The molecule has 0 radical (unpaired) electrons. The van der Waals surface area contributed by atoms with Crippen LogP contribution in [0.5, 0.6) is 0 Å². The Morgan fingerprint density at radius 2 is 1.41 bits per heavy atom. The summed E-state index contributed by atoms with van der Waals surface area (Å²) in [6.07, 6.45) is -12.6. The van der Waals surface area contributed by atoms with Crippen molar-refractivity contribution in [3.8, 4) is 0 Å². The number of alkyl halides is 7. The molecule has 0 unspecified atom stereocenters. The number of nitrogens with one attached hydrogen (secondary N) is 1. The number of aryl methyl sites for hydroxylation is 1. The average molecular weight is 530 g/mol. The van der Waals surface area contributed by atoms with E-state index in [0.717, 1.165) is 17.9 Å². The number of halogens is 8. The maximum Gasteiger partial charge on any atom is 0.435 e. The second-order valence-electron chi connectivity index (χ2n) is 8.01. The summed E-state index contributed by atoms with van der Waals surface area (Å²) in [5.41, 5.74) is -8.55. The lowest BCUT2D eigenvalue weighted by Crippen LogP contribution is -2.50. The van der Waals surface area contributed by atoms with E-state index in [4.69, 9.17) is 0 Å². The summed E-state index contributed by atoms with van der Waals surface area (Å²) >= 11 is 0. The van der Waals surface area contributed by atoms with E-state index in [2.05, 4.69) is 5.32 Å². The normalized spacial score (nSPS) is 12.3. The number of carbonyl (C=O) groups is 2. The van der Waals surface area contributed by atoms with Gasteiger partial charge in [0.15, 0.2) is 5.82 Å². The van der Waals surface area contributed by atoms with Crippen LogP contribution in [0, 0.1) is 12.7 Å². The highest BCUT2D eigenvalue weighted by molar-refractivity contribution is 6.08. The Balaban J connectivity index is 1.90. The van der Waals surface area contributed by atoms with Crippen molar-refractivity contribution < 1.29 is 44.7 Å². The van der Waals surface area contributed by atoms with E-state index < -0.39 is 46.8 Å². The summed E-state index contributed by atoms with van der Waals surface area (Å²) in [4.78, 5) is 26.3. The van der Waals surface area contributed by atoms with E-state index in [1.54, 1.807) is 18.2 Å². The number of nitrogens with zero attached hydrogens (tertiary/aromatic N) is 1. The Morgan fingerprint density at radius 1 is 0.811 bits per heavy atom. The fourth-order valence-corrected chi connectivity index (χ4v) is 3.53. The Bertz CT molecular complexity index is 1310. The molecule has 0 aliphatic heterocycles. The van der Waals surface area contributed by atoms with Gasteiger partial charge in [0.25, 0.3) is 11.8 Å². The Morgan fingerprint density at radius 3 is 1.95 bits per heavy atom. The second-order valence-corrected chi connectivity index (χ2v) is 8.01. The standard InChI is InChI=1S/C25H18F8N2O2/c1-14-13-16(23(27,24(28,29)30)25(31,32)33)11-12-18(14)34-21(36)17-9-6-10-19(20(17)26)35(2)22(37)15-7-4-3-5-8-15/h3-13H,1-2H3,(H,34,36). The van der Waals surface area contributed by atoms with Crippen LogP contribution in [-0.4, -0.2) is 31.2 Å². The summed E-state index contributed by atoms with van der Waals surface area (Å²) in [6.45, 7) is 1.05. The second kappa shape index (κ2) is 9.83. The van der Waals surface area contributed by atoms with Crippen LogP contribution in [0.1, 0.15) is 31.8 Å². The van der Waals surface area contributed by atoms with Gasteiger partial charge >= 0.3 is 18.0 Å². The zero-order chi connectivity index (χ0) is 27.8. The third-order valence-corrected chi connectivity index (χ3v) is 5.56. The number of amides is 2. The molecule has 3 rings (SSSR count). The molecule has 0 aromatic heterocycles. The van der Waals surface area contributed by atoms with E-state index in [1.807, 2.05) is 0 Å². The van der Waals surface area contributed by atoms with E-state index in [1.165, 1.54) is 31.3 Å². The molecule has 3 aromatic rings. The fourth-order valence-electron chi connectivity index (χ4n) is 3.53. The molecule has 4 nitrogen and oxygen atoms in total. The van der Waals surface area contributed by atoms with Crippen molar-refractivity contribution >= 4 is 23.2 Å². The quantitative estimate of drug-likeness (QED) is 0.363. The van der Waals surface area contributed by atoms with E-state index in [-0.39, 0.29) is 28.6 Å². The number of hydrogen-bond acceptors (Lipinski definition) is 2. The minimum absolute atomic E-state index is 0.239. The molecule has 0 aliphatic carbocycles. The molecular weight excluding hydrogens is 512 g/mol. The number of hydrogen-bond donors (Lipinski definition) is 1. The predicted molar refractivity (Wildman–Crippen MR) is 120 cm³/mol. The molecule has 0 heterocycles. The number of benzene rings is 3. The third-order valence-electron chi connectivity index (χ3n) is 5.56. The highest BCUT2D eigenvalue weighted by Crippen LogP contribution is 2.53. The fraction of sp³-hybridized carbons (Fsp3) is 0.200. The van der Waals surface area contributed by atoms with Crippen LogP contribution < -0.4 is 10.2 Å². The van der Waals surface area contributed by atoms with Gasteiger partial charge in [-0.2, -0.15) is 26.3 Å². The molecule has 1 N–H and O–H groups in total. The average Bonchev–Trinajstić information content (AvgIpc) is 2.83. The van der Waals surface area contributed by atoms with Crippen molar-refractivity contribution in [1.82, 2.24) is 0 Å². The zero-order valence-corrected chi connectivity index (χ0v) is 19.1. The van der Waals surface area contributed by atoms with Crippen LogP contribution >= 0.6 is 0 Å². The molecule has 0 spiro atoms. The first-order chi connectivity index (χ1) is 17.1. The maximum atomic E-state index is 15.2. The lowest BCUT2D eigenvalue weighted by Gasteiger charge is -2.30. The first-order valence-electron chi connectivity index (χ1n) is 10.5. The molecule has 3 aromatic carbocycles. The summed E-state index contributed by atoms with van der Waals surface area (Å²) in [5.74, 6) is -2.78. The maximum absolute atomic E-state index is 15.2. The molecule has 0 bridgehead atoms. The molecule has 0 saturated carbocycles. The van der Waals surface area contributed by atoms with Crippen molar-refractivity contribution in [3.05, 3.63) is 94.8 Å². The van der Waals surface area contributed by atoms with Crippen molar-refractivity contribution in [1.29, 1.82) is 0 Å². The van der Waals surface area contributed by atoms with Crippen LogP contribution in [0.15, 0.2) is 66.7 Å². The lowest BCUT2D eigenvalue weighted by atomic mass is 9.92. The van der Waals surface area contributed by atoms with Crippen LogP contribution in [0.4, 0.5) is 46.5 Å². The third kappa shape index (κ3) is 5.13. The van der Waals surface area contributed by atoms with Crippen molar-refractivity contribution in [2.75, 3.05) is 17.3 Å². The van der Waals surface area contributed by atoms with E-state index >= 15 is 4.39 Å². The van der Waals surface area contributed by atoms with Gasteiger partial charge < -0.3 is 10.2 Å². The minimum atomic E-state index is -6.30. The summed E-state index contributed by atoms with van der Waals surface area (Å²) < 4.78 is 108. The molecule has 12 heteroatoms.